The molecule has 0 bridgehead atoms. The third-order valence-electron chi connectivity index (χ3n) is 2.18. The van der Waals surface area contributed by atoms with Gasteiger partial charge in [0.2, 0.25) is 0 Å². The number of methoxy groups -OCH3 is 1. The smallest absolute Gasteiger partial charge is 0.321 e. The molecule has 8 nitrogen and oxygen atoms in total. The fraction of sp³-hybridized carbons (Fsp3) is 0.364. The summed E-state index contributed by atoms with van der Waals surface area (Å²) >= 11 is 5.83. The van der Waals surface area contributed by atoms with Gasteiger partial charge in [-0.3, -0.25) is 10.1 Å². The Bertz CT molecular complexity index is 483. The molecular formula is C11H14ClN3O5. The largest absolute Gasteiger partial charge is 0.382 e. The van der Waals surface area contributed by atoms with Crippen LogP contribution in [0.1, 0.15) is 0 Å². The Labute approximate surface area is 120 Å². The molecule has 1 rings (SSSR count). The fourth-order valence-electron chi connectivity index (χ4n) is 1.22. The van der Waals surface area contributed by atoms with Crippen molar-refractivity contribution in [3.8, 4) is 0 Å². The standard InChI is InChI=1S/C11H14ClN3O5/c1-19-4-5-20-7-13-11(16)14-10-6-8(15(17)18)2-3-9(10)12/h2-3,6H,4-5,7H2,1H3,(H2,13,14,16). The number of rotatable bonds is 7. The van der Waals surface area contributed by atoms with Crippen molar-refractivity contribution in [2.75, 3.05) is 32.4 Å². The Morgan fingerprint density at radius 1 is 1.45 bits per heavy atom. The number of non-ortho nitro benzene ring substituents is 1. The summed E-state index contributed by atoms with van der Waals surface area (Å²) in [7, 11) is 1.54. The number of hydrogen-bond acceptors (Lipinski definition) is 5. The third-order valence-corrected chi connectivity index (χ3v) is 2.51. The molecule has 0 heterocycles. The van der Waals surface area contributed by atoms with Gasteiger partial charge in [-0.2, -0.15) is 0 Å². The number of nitrogens with zero attached hydrogens (tertiary/aromatic N) is 1. The van der Waals surface area contributed by atoms with Crippen molar-refractivity contribution in [3.05, 3.63) is 33.3 Å². The van der Waals surface area contributed by atoms with Gasteiger partial charge in [0.25, 0.3) is 5.69 Å². The van der Waals surface area contributed by atoms with Crippen LogP contribution in [0, 0.1) is 10.1 Å². The van der Waals surface area contributed by atoms with E-state index < -0.39 is 11.0 Å². The summed E-state index contributed by atoms with van der Waals surface area (Å²) in [5, 5.41) is 15.6. The first-order chi connectivity index (χ1) is 9.54. The van der Waals surface area contributed by atoms with Gasteiger partial charge in [0.05, 0.1) is 28.8 Å². The second-order valence-corrected chi connectivity index (χ2v) is 4.00. The van der Waals surface area contributed by atoms with E-state index in [9.17, 15) is 14.9 Å². The van der Waals surface area contributed by atoms with Crippen molar-refractivity contribution in [1.82, 2.24) is 5.32 Å². The molecule has 0 spiro atoms. The number of carbonyl (C=O) groups excluding carboxylic acids is 1. The molecular weight excluding hydrogens is 290 g/mol. The number of urea groups is 1. The topological polar surface area (TPSA) is 103 Å². The molecule has 0 unspecified atom stereocenters. The van der Waals surface area contributed by atoms with Crippen molar-refractivity contribution in [3.63, 3.8) is 0 Å². The minimum absolute atomic E-state index is 0.0122. The molecule has 2 amide bonds. The molecule has 1 aromatic rings. The third kappa shape index (κ3) is 5.39. The molecule has 0 aliphatic carbocycles. The van der Waals surface area contributed by atoms with Gasteiger partial charge in [0.15, 0.2) is 0 Å². The first kappa shape index (κ1) is 16.2. The second kappa shape index (κ2) is 8.31. The summed E-state index contributed by atoms with van der Waals surface area (Å²) in [6, 6.07) is 3.18. The number of nitro benzene ring substituents is 1. The molecule has 0 fully saturated rings. The van der Waals surface area contributed by atoms with E-state index in [0.717, 1.165) is 0 Å². The summed E-state index contributed by atoms with van der Waals surface area (Å²) in [6.45, 7) is 0.746. The quantitative estimate of drug-likeness (QED) is 0.347. The zero-order chi connectivity index (χ0) is 15.0. The summed E-state index contributed by atoms with van der Waals surface area (Å²) in [4.78, 5) is 21.6. The van der Waals surface area contributed by atoms with Crippen molar-refractivity contribution in [2.45, 2.75) is 0 Å². The van der Waals surface area contributed by atoms with E-state index in [1.165, 1.54) is 25.3 Å². The van der Waals surface area contributed by atoms with Gasteiger partial charge >= 0.3 is 6.03 Å². The normalized spacial score (nSPS) is 10.1. The summed E-state index contributed by atoms with van der Waals surface area (Å²) in [5.74, 6) is 0. The van der Waals surface area contributed by atoms with E-state index >= 15 is 0 Å². The molecule has 110 valence electrons. The molecule has 9 heteroatoms. The molecule has 0 atom stereocenters. The molecule has 0 saturated heterocycles. The average molecular weight is 304 g/mol. The highest BCUT2D eigenvalue weighted by Gasteiger charge is 2.11. The lowest BCUT2D eigenvalue weighted by Crippen LogP contribution is -2.31. The summed E-state index contributed by atoms with van der Waals surface area (Å²) < 4.78 is 9.80. The molecule has 0 aliphatic rings. The van der Waals surface area contributed by atoms with Crippen LogP contribution in [0.4, 0.5) is 16.2 Å². The van der Waals surface area contributed by atoms with Crippen LogP contribution in [-0.4, -0.2) is 38.0 Å². The van der Waals surface area contributed by atoms with Crippen LogP contribution in [0.25, 0.3) is 0 Å². The minimum Gasteiger partial charge on any atom is -0.382 e. The van der Waals surface area contributed by atoms with E-state index in [4.69, 9.17) is 21.1 Å². The zero-order valence-electron chi connectivity index (χ0n) is 10.7. The SMILES string of the molecule is COCCOCNC(=O)Nc1cc([N+](=O)[O-])ccc1Cl. The minimum atomic E-state index is -0.579. The van der Waals surface area contributed by atoms with Gasteiger partial charge in [-0.15, -0.1) is 0 Å². The number of benzene rings is 1. The number of hydrogen-bond donors (Lipinski definition) is 2. The number of ether oxygens (including phenoxy) is 2. The first-order valence-corrected chi connectivity index (χ1v) is 5.98. The molecule has 0 saturated carbocycles. The van der Waals surface area contributed by atoms with Crippen molar-refractivity contribution in [2.24, 2.45) is 0 Å². The first-order valence-electron chi connectivity index (χ1n) is 5.60. The maximum atomic E-state index is 11.5. The highest BCUT2D eigenvalue weighted by atomic mass is 35.5. The Kier molecular flexibility index (Phi) is 6.71. The van der Waals surface area contributed by atoms with Gasteiger partial charge in [-0.1, -0.05) is 11.6 Å². The predicted octanol–water partition coefficient (Wildman–Crippen LogP) is 1.99. The van der Waals surface area contributed by atoms with Crippen LogP contribution in [-0.2, 0) is 9.47 Å². The lowest BCUT2D eigenvalue weighted by Gasteiger charge is -2.09. The monoisotopic (exact) mass is 303 g/mol. The van der Waals surface area contributed by atoms with Crippen LogP contribution in [0.2, 0.25) is 5.02 Å². The molecule has 20 heavy (non-hydrogen) atoms. The summed E-state index contributed by atoms with van der Waals surface area (Å²) in [6.07, 6.45) is 0. The fourth-order valence-corrected chi connectivity index (χ4v) is 1.38. The summed E-state index contributed by atoms with van der Waals surface area (Å²) in [5.41, 5.74) is -0.0173. The highest BCUT2D eigenvalue weighted by molar-refractivity contribution is 6.33. The maximum absolute atomic E-state index is 11.5. The van der Waals surface area contributed by atoms with E-state index in [2.05, 4.69) is 10.6 Å². The van der Waals surface area contributed by atoms with Gasteiger partial charge < -0.3 is 20.1 Å². The number of nitro groups is 1. The van der Waals surface area contributed by atoms with E-state index in [1.54, 1.807) is 0 Å². The van der Waals surface area contributed by atoms with Crippen LogP contribution in [0.3, 0.4) is 0 Å². The molecule has 0 aliphatic heterocycles. The van der Waals surface area contributed by atoms with Crippen LogP contribution < -0.4 is 10.6 Å². The Balaban J connectivity index is 2.49. The average Bonchev–Trinajstić information content (AvgIpc) is 2.40. The number of nitrogens with one attached hydrogen (secondary N) is 2. The maximum Gasteiger partial charge on any atom is 0.321 e. The number of anilines is 1. The molecule has 0 aromatic heterocycles. The van der Waals surface area contributed by atoms with Crippen LogP contribution >= 0.6 is 11.6 Å². The highest BCUT2D eigenvalue weighted by Crippen LogP contribution is 2.26. The second-order valence-electron chi connectivity index (χ2n) is 3.60. The van der Waals surface area contributed by atoms with Crippen LogP contribution in [0.5, 0.6) is 0 Å². The van der Waals surface area contributed by atoms with Gasteiger partial charge in [-0.05, 0) is 6.07 Å². The van der Waals surface area contributed by atoms with E-state index in [-0.39, 0.29) is 23.1 Å². The zero-order valence-corrected chi connectivity index (χ0v) is 11.5. The molecule has 0 radical (unpaired) electrons. The lowest BCUT2D eigenvalue weighted by molar-refractivity contribution is -0.384. The van der Waals surface area contributed by atoms with E-state index in [0.29, 0.717) is 13.2 Å². The number of carbonyl (C=O) groups is 1. The Morgan fingerprint density at radius 3 is 2.85 bits per heavy atom. The van der Waals surface area contributed by atoms with Gasteiger partial charge in [0.1, 0.15) is 6.73 Å². The Morgan fingerprint density at radius 2 is 2.20 bits per heavy atom. The van der Waals surface area contributed by atoms with Crippen molar-refractivity contribution in [1.29, 1.82) is 0 Å². The van der Waals surface area contributed by atoms with E-state index in [1.807, 2.05) is 0 Å². The van der Waals surface area contributed by atoms with Gasteiger partial charge in [0, 0.05) is 19.2 Å². The van der Waals surface area contributed by atoms with Crippen molar-refractivity contribution >= 4 is 29.0 Å². The number of halogens is 1. The van der Waals surface area contributed by atoms with Crippen molar-refractivity contribution < 1.29 is 19.2 Å². The molecule has 2 N–H and O–H groups in total. The lowest BCUT2D eigenvalue weighted by atomic mass is 10.3. The predicted molar refractivity (Wildman–Crippen MR) is 73.0 cm³/mol. The van der Waals surface area contributed by atoms with Crippen LogP contribution in [0.15, 0.2) is 18.2 Å². The van der Waals surface area contributed by atoms with Gasteiger partial charge in [-0.25, -0.2) is 4.79 Å². The number of amides is 2. The molecule has 1 aromatic carbocycles. The Hall–Kier alpha value is -1.90.